The fourth-order valence-corrected chi connectivity index (χ4v) is 4.72. The summed E-state index contributed by atoms with van der Waals surface area (Å²) < 4.78 is 5.12. The smallest absolute Gasteiger partial charge is 0.309 e. The standard InChI is InChI=1S/C24H25ClN4O3S/c1-3-32-24(31)16-6-8-29(9-7-16)22-13-26-19(12-27-22)21(30)11-23-28-20(14-33-23)17-5-4-15(2)18(25)10-17/h4-5,10,12-14,16H,3,6-9,11H2,1-2H3. The molecule has 0 bridgehead atoms. The number of ketones is 1. The molecule has 2 aromatic heterocycles. The van der Waals surface area contributed by atoms with Gasteiger partial charge in [-0.3, -0.25) is 9.59 Å². The number of piperidine rings is 1. The largest absolute Gasteiger partial charge is 0.466 e. The van der Waals surface area contributed by atoms with Gasteiger partial charge in [-0.2, -0.15) is 0 Å². The second-order valence-corrected chi connectivity index (χ2v) is 9.31. The number of esters is 1. The van der Waals surface area contributed by atoms with E-state index in [1.54, 1.807) is 6.20 Å². The molecule has 9 heteroatoms. The number of nitrogens with zero attached hydrogens (tertiary/aromatic N) is 4. The predicted octanol–water partition coefficient (Wildman–Crippen LogP) is 4.77. The van der Waals surface area contributed by atoms with Gasteiger partial charge < -0.3 is 9.64 Å². The minimum atomic E-state index is -0.127. The third-order valence-corrected chi connectivity index (χ3v) is 6.95. The first-order valence-corrected chi connectivity index (χ1v) is 12.2. The number of rotatable bonds is 7. The Morgan fingerprint density at radius 2 is 2.00 bits per heavy atom. The number of aromatic nitrogens is 3. The van der Waals surface area contributed by atoms with Gasteiger partial charge in [0.15, 0.2) is 5.78 Å². The van der Waals surface area contributed by atoms with E-state index in [1.165, 1.54) is 17.5 Å². The highest BCUT2D eigenvalue weighted by Gasteiger charge is 2.26. The average Bonchev–Trinajstić information content (AvgIpc) is 3.29. The molecule has 3 aromatic rings. The second kappa shape index (κ2) is 10.4. The molecule has 33 heavy (non-hydrogen) atoms. The minimum Gasteiger partial charge on any atom is -0.466 e. The van der Waals surface area contributed by atoms with Gasteiger partial charge in [-0.15, -0.1) is 11.3 Å². The van der Waals surface area contributed by atoms with Crippen LogP contribution in [0.2, 0.25) is 5.02 Å². The van der Waals surface area contributed by atoms with Crippen LogP contribution in [0.25, 0.3) is 11.3 Å². The van der Waals surface area contributed by atoms with Crippen LogP contribution in [-0.4, -0.2) is 46.4 Å². The number of benzene rings is 1. The third-order valence-electron chi connectivity index (χ3n) is 5.69. The number of thiazole rings is 1. The number of ether oxygens (including phenoxy) is 1. The van der Waals surface area contributed by atoms with E-state index in [1.807, 2.05) is 37.4 Å². The number of hydrogen-bond acceptors (Lipinski definition) is 8. The maximum absolute atomic E-state index is 12.7. The van der Waals surface area contributed by atoms with Crippen molar-refractivity contribution in [3.05, 3.63) is 57.3 Å². The molecule has 0 radical (unpaired) electrons. The molecule has 1 fully saturated rings. The van der Waals surface area contributed by atoms with Gasteiger partial charge in [0.1, 0.15) is 16.5 Å². The molecule has 0 atom stereocenters. The summed E-state index contributed by atoms with van der Waals surface area (Å²) in [5, 5.41) is 3.34. The highest BCUT2D eigenvalue weighted by atomic mass is 35.5. The average molecular weight is 485 g/mol. The van der Waals surface area contributed by atoms with Gasteiger partial charge in [0.2, 0.25) is 0 Å². The van der Waals surface area contributed by atoms with E-state index in [0.29, 0.717) is 36.2 Å². The Kier molecular flexibility index (Phi) is 7.35. The molecular weight excluding hydrogens is 460 g/mol. The number of carbonyl (C=O) groups is 2. The molecule has 1 saturated heterocycles. The molecule has 0 unspecified atom stereocenters. The van der Waals surface area contributed by atoms with Crippen molar-refractivity contribution in [1.82, 2.24) is 15.0 Å². The molecule has 0 saturated carbocycles. The zero-order chi connectivity index (χ0) is 23.4. The zero-order valence-corrected chi connectivity index (χ0v) is 20.2. The van der Waals surface area contributed by atoms with Crippen molar-refractivity contribution in [2.24, 2.45) is 5.92 Å². The number of aryl methyl sites for hydroxylation is 1. The van der Waals surface area contributed by atoms with Crippen LogP contribution in [0, 0.1) is 12.8 Å². The van der Waals surface area contributed by atoms with Crippen molar-refractivity contribution in [2.75, 3.05) is 24.6 Å². The number of hydrogen-bond donors (Lipinski definition) is 0. The highest BCUT2D eigenvalue weighted by Crippen LogP contribution is 2.27. The first kappa shape index (κ1) is 23.3. The topological polar surface area (TPSA) is 85.3 Å². The van der Waals surface area contributed by atoms with E-state index >= 15 is 0 Å². The number of anilines is 1. The summed E-state index contributed by atoms with van der Waals surface area (Å²) in [7, 11) is 0. The van der Waals surface area contributed by atoms with Gasteiger partial charge >= 0.3 is 5.97 Å². The zero-order valence-electron chi connectivity index (χ0n) is 18.6. The van der Waals surface area contributed by atoms with Crippen molar-refractivity contribution in [3.8, 4) is 11.3 Å². The molecule has 3 heterocycles. The number of halogens is 1. The van der Waals surface area contributed by atoms with Crippen LogP contribution in [-0.2, 0) is 16.0 Å². The van der Waals surface area contributed by atoms with Crippen LogP contribution in [0.5, 0.6) is 0 Å². The molecule has 172 valence electrons. The van der Waals surface area contributed by atoms with E-state index in [2.05, 4.69) is 19.9 Å². The third kappa shape index (κ3) is 5.57. The van der Waals surface area contributed by atoms with Gasteiger partial charge in [-0.05, 0) is 38.3 Å². The van der Waals surface area contributed by atoms with Crippen molar-refractivity contribution in [3.63, 3.8) is 0 Å². The van der Waals surface area contributed by atoms with Gasteiger partial charge in [0.05, 0.1) is 37.0 Å². The molecule has 0 amide bonds. The molecular formula is C24H25ClN4O3S. The monoisotopic (exact) mass is 484 g/mol. The molecule has 0 spiro atoms. The summed E-state index contributed by atoms with van der Waals surface area (Å²) in [6, 6.07) is 5.82. The Morgan fingerprint density at radius 3 is 2.67 bits per heavy atom. The lowest BCUT2D eigenvalue weighted by Gasteiger charge is -2.31. The maximum Gasteiger partial charge on any atom is 0.309 e. The highest BCUT2D eigenvalue weighted by molar-refractivity contribution is 7.10. The van der Waals surface area contributed by atoms with Crippen LogP contribution in [0.15, 0.2) is 36.0 Å². The summed E-state index contributed by atoms with van der Waals surface area (Å²) in [6.07, 6.45) is 4.76. The fraction of sp³-hybridized carbons (Fsp3) is 0.375. The molecule has 4 rings (SSSR count). The van der Waals surface area contributed by atoms with Crippen LogP contribution < -0.4 is 4.90 Å². The summed E-state index contributed by atoms with van der Waals surface area (Å²) in [6.45, 7) is 5.59. The Balaban J connectivity index is 1.35. The van der Waals surface area contributed by atoms with Crippen molar-refractivity contribution < 1.29 is 14.3 Å². The Bertz CT molecular complexity index is 1140. The lowest BCUT2D eigenvalue weighted by atomic mass is 9.97. The summed E-state index contributed by atoms with van der Waals surface area (Å²) in [5.41, 5.74) is 3.06. The minimum absolute atomic E-state index is 0.0610. The van der Waals surface area contributed by atoms with Crippen LogP contribution in [0.1, 0.15) is 40.8 Å². The molecule has 7 nitrogen and oxygen atoms in total. The predicted molar refractivity (Wildman–Crippen MR) is 129 cm³/mol. The van der Waals surface area contributed by atoms with E-state index in [9.17, 15) is 9.59 Å². The number of carbonyl (C=O) groups excluding carboxylic acids is 2. The van der Waals surface area contributed by atoms with E-state index in [4.69, 9.17) is 16.3 Å². The molecule has 1 aromatic carbocycles. The fourth-order valence-electron chi connectivity index (χ4n) is 3.74. The summed E-state index contributed by atoms with van der Waals surface area (Å²) in [4.78, 5) is 40.0. The maximum atomic E-state index is 12.7. The molecule has 0 aliphatic carbocycles. The van der Waals surface area contributed by atoms with E-state index in [0.717, 1.165) is 34.7 Å². The van der Waals surface area contributed by atoms with Gasteiger partial charge in [0, 0.05) is 29.1 Å². The Hall–Kier alpha value is -2.84. The lowest BCUT2D eigenvalue weighted by molar-refractivity contribution is -0.148. The lowest BCUT2D eigenvalue weighted by Crippen LogP contribution is -2.37. The number of Topliss-reactive ketones (excluding diaryl/α,β-unsaturated/α-hetero) is 1. The summed E-state index contributed by atoms with van der Waals surface area (Å²) in [5.74, 6) is 0.397. The molecule has 1 aliphatic heterocycles. The van der Waals surface area contributed by atoms with Crippen LogP contribution in [0.3, 0.4) is 0 Å². The molecule has 1 aliphatic rings. The normalized spacial score (nSPS) is 14.3. The first-order valence-electron chi connectivity index (χ1n) is 10.9. The Labute approximate surface area is 201 Å². The quantitative estimate of drug-likeness (QED) is 0.352. The van der Waals surface area contributed by atoms with Crippen LogP contribution in [0.4, 0.5) is 5.82 Å². The summed E-state index contributed by atoms with van der Waals surface area (Å²) >= 11 is 7.66. The van der Waals surface area contributed by atoms with Gasteiger partial charge in [-0.25, -0.2) is 15.0 Å². The van der Waals surface area contributed by atoms with Crippen molar-refractivity contribution in [1.29, 1.82) is 0 Å². The van der Waals surface area contributed by atoms with Crippen molar-refractivity contribution >= 4 is 40.5 Å². The van der Waals surface area contributed by atoms with E-state index in [-0.39, 0.29) is 24.1 Å². The van der Waals surface area contributed by atoms with Gasteiger partial charge in [-0.1, -0.05) is 23.7 Å². The molecule has 0 N–H and O–H groups in total. The van der Waals surface area contributed by atoms with Gasteiger partial charge in [0.25, 0.3) is 0 Å². The van der Waals surface area contributed by atoms with E-state index < -0.39 is 0 Å². The Morgan fingerprint density at radius 1 is 1.21 bits per heavy atom. The van der Waals surface area contributed by atoms with Crippen molar-refractivity contribution in [2.45, 2.75) is 33.1 Å². The first-order chi connectivity index (χ1) is 15.9. The van der Waals surface area contributed by atoms with Crippen LogP contribution >= 0.6 is 22.9 Å². The SMILES string of the molecule is CCOC(=O)C1CCN(c2cnc(C(=O)Cc3nc(-c4ccc(C)c(Cl)c4)cs3)cn2)CC1. The second-order valence-electron chi connectivity index (χ2n) is 7.96.